The molecule has 0 aliphatic rings. The quantitative estimate of drug-likeness (QED) is 0.189. The average Bonchev–Trinajstić information content (AvgIpc) is 2.98. The first kappa shape index (κ1) is 34.0. The third-order valence-corrected chi connectivity index (χ3v) is 9.22. The fourth-order valence-corrected chi connectivity index (χ4v) is 6.58. The van der Waals surface area contributed by atoms with E-state index >= 15 is 0 Å². The maximum absolute atomic E-state index is 14.5. The van der Waals surface area contributed by atoms with E-state index in [1.54, 1.807) is 42.5 Å². The Morgan fingerprint density at radius 3 is 2.04 bits per heavy atom. The summed E-state index contributed by atoms with van der Waals surface area (Å²) in [7, 11) is -4.34. The monoisotopic (exact) mass is 669 g/mol. The molecule has 7 nitrogen and oxygen atoms in total. The van der Waals surface area contributed by atoms with Crippen LogP contribution in [0.1, 0.15) is 31.9 Å². The molecule has 0 saturated heterocycles. The summed E-state index contributed by atoms with van der Waals surface area (Å²) in [6.45, 7) is 4.74. The Morgan fingerprint density at radius 2 is 1.47 bits per heavy atom. The molecule has 45 heavy (non-hydrogen) atoms. The van der Waals surface area contributed by atoms with Crippen molar-refractivity contribution >= 4 is 50.7 Å². The minimum Gasteiger partial charge on any atom is -0.350 e. The third-order valence-electron chi connectivity index (χ3n) is 6.85. The molecule has 4 rings (SSSR count). The van der Waals surface area contributed by atoms with Crippen molar-refractivity contribution in [2.75, 3.05) is 10.8 Å². The molecule has 0 aliphatic carbocycles. The molecular weight excluding hydrogens is 636 g/mol. The molecule has 0 heterocycles. The van der Waals surface area contributed by atoms with Crippen molar-refractivity contribution in [3.8, 4) is 0 Å². The summed E-state index contributed by atoms with van der Waals surface area (Å²) in [5.41, 5.74) is 0.910. The highest BCUT2D eigenvalue weighted by Gasteiger charge is 2.36. The zero-order valence-electron chi connectivity index (χ0n) is 25.1. The van der Waals surface area contributed by atoms with Crippen molar-refractivity contribution in [1.82, 2.24) is 10.2 Å². The SMILES string of the molecule is CC(C)(C)NC(=O)C(Cc1ccccc1)N(Cc1ccc(Cl)cc1Cl)C(=O)CN(c1ccccc1)S(=O)(=O)c1ccc(F)cc1. The van der Waals surface area contributed by atoms with Crippen molar-refractivity contribution in [3.05, 3.63) is 130 Å². The van der Waals surface area contributed by atoms with Gasteiger partial charge in [0.15, 0.2) is 0 Å². The molecule has 11 heteroatoms. The number of sulfonamides is 1. The molecule has 1 unspecified atom stereocenters. The molecule has 0 radical (unpaired) electrons. The van der Waals surface area contributed by atoms with Crippen molar-refractivity contribution in [2.24, 2.45) is 0 Å². The van der Waals surface area contributed by atoms with Crippen molar-refractivity contribution in [2.45, 2.75) is 50.2 Å². The summed E-state index contributed by atoms with van der Waals surface area (Å²) >= 11 is 12.7. The second kappa shape index (κ2) is 14.5. The van der Waals surface area contributed by atoms with E-state index in [2.05, 4.69) is 5.32 Å². The van der Waals surface area contributed by atoms with Gasteiger partial charge < -0.3 is 10.2 Å². The minimum absolute atomic E-state index is 0.108. The van der Waals surface area contributed by atoms with Crippen LogP contribution in [0.2, 0.25) is 10.0 Å². The van der Waals surface area contributed by atoms with Crippen LogP contribution < -0.4 is 9.62 Å². The summed E-state index contributed by atoms with van der Waals surface area (Å²) in [6, 6.07) is 25.5. The smallest absolute Gasteiger partial charge is 0.264 e. The molecule has 236 valence electrons. The first-order chi connectivity index (χ1) is 21.2. The van der Waals surface area contributed by atoms with E-state index in [1.807, 2.05) is 51.1 Å². The zero-order valence-corrected chi connectivity index (χ0v) is 27.4. The highest BCUT2D eigenvalue weighted by molar-refractivity contribution is 7.92. The average molecular weight is 671 g/mol. The molecular formula is C34H34Cl2FN3O4S. The fraction of sp³-hybridized carbons (Fsp3) is 0.235. The number of anilines is 1. The number of halogens is 3. The van der Waals surface area contributed by atoms with Gasteiger partial charge in [0.05, 0.1) is 10.6 Å². The van der Waals surface area contributed by atoms with Gasteiger partial charge in [0, 0.05) is 28.5 Å². The summed E-state index contributed by atoms with van der Waals surface area (Å²) in [6.07, 6.45) is 0.149. The number of carbonyl (C=O) groups excluding carboxylic acids is 2. The lowest BCUT2D eigenvalue weighted by Gasteiger charge is -2.35. The Bertz CT molecular complexity index is 1730. The van der Waals surface area contributed by atoms with E-state index in [0.717, 1.165) is 34.1 Å². The number of hydrogen-bond donors (Lipinski definition) is 1. The van der Waals surface area contributed by atoms with E-state index in [1.165, 1.54) is 11.0 Å². The molecule has 4 aromatic rings. The van der Waals surface area contributed by atoms with Gasteiger partial charge in [-0.05, 0) is 80.4 Å². The van der Waals surface area contributed by atoms with Gasteiger partial charge in [-0.15, -0.1) is 0 Å². The van der Waals surface area contributed by atoms with E-state index in [9.17, 15) is 22.4 Å². The van der Waals surface area contributed by atoms with Gasteiger partial charge in [-0.25, -0.2) is 12.8 Å². The maximum atomic E-state index is 14.5. The number of rotatable bonds is 11. The summed E-state index contributed by atoms with van der Waals surface area (Å²) < 4.78 is 42.6. The second-order valence-electron chi connectivity index (χ2n) is 11.5. The number of nitrogens with zero attached hydrogens (tertiary/aromatic N) is 2. The minimum atomic E-state index is -4.34. The number of carbonyl (C=O) groups is 2. The molecule has 2 amide bonds. The van der Waals surface area contributed by atoms with Crippen LogP contribution in [0.25, 0.3) is 0 Å². The van der Waals surface area contributed by atoms with Crippen LogP contribution in [-0.2, 0) is 32.6 Å². The van der Waals surface area contributed by atoms with Crippen LogP contribution in [-0.4, -0.2) is 43.3 Å². The molecule has 0 bridgehead atoms. The normalized spacial score (nSPS) is 12.3. The zero-order chi connectivity index (χ0) is 32.8. The Balaban J connectivity index is 1.82. The lowest BCUT2D eigenvalue weighted by atomic mass is 10.0. The van der Waals surface area contributed by atoms with Crippen molar-refractivity contribution in [1.29, 1.82) is 0 Å². The predicted molar refractivity (Wildman–Crippen MR) is 176 cm³/mol. The molecule has 0 aromatic heterocycles. The number of benzene rings is 4. The Hall–Kier alpha value is -3.92. The second-order valence-corrected chi connectivity index (χ2v) is 14.2. The van der Waals surface area contributed by atoms with Crippen LogP contribution >= 0.6 is 23.2 Å². The van der Waals surface area contributed by atoms with Gasteiger partial charge in [0.2, 0.25) is 11.8 Å². The molecule has 0 saturated carbocycles. The van der Waals surface area contributed by atoms with Crippen LogP contribution in [0, 0.1) is 5.82 Å². The third kappa shape index (κ3) is 9.06. The number of nitrogens with one attached hydrogen (secondary N) is 1. The van der Waals surface area contributed by atoms with Crippen LogP contribution in [0.4, 0.5) is 10.1 Å². The molecule has 1 atom stereocenters. The van der Waals surface area contributed by atoms with Crippen molar-refractivity contribution in [3.63, 3.8) is 0 Å². The molecule has 4 aromatic carbocycles. The van der Waals surface area contributed by atoms with Crippen molar-refractivity contribution < 1.29 is 22.4 Å². The fourth-order valence-electron chi connectivity index (χ4n) is 4.70. The van der Waals surface area contributed by atoms with E-state index < -0.39 is 45.8 Å². The first-order valence-corrected chi connectivity index (χ1v) is 16.4. The maximum Gasteiger partial charge on any atom is 0.264 e. The summed E-state index contributed by atoms with van der Waals surface area (Å²) in [5.74, 6) is -1.67. The Kier molecular flexibility index (Phi) is 10.9. The predicted octanol–water partition coefficient (Wildman–Crippen LogP) is 6.88. The molecule has 0 aliphatic heterocycles. The first-order valence-electron chi connectivity index (χ1n) is 14.2. The topological polar surface area (TPSA) is 86.8 Å². The molecule has 1 N–H and O–H groups in total. The highest BCUT2D eigenvalue weighted by Crippen LogP contribution is 2.27. The van der Waals surface area contributed by atoms with E-state index in [4.69, 9.17) is 23.2 Å². The molecule has 0 spiro atoms. The van der Waals surface area contributed by atoms with Gasteiger partial charge in [-0.2, -0.15) is 0 Å². The summed E-state index contributed by atoms with van der Waals surface area (Å²) in [5, 5.41) is 3.66. The lowest BCUT2D eigenvalue weighted by Crippen LogP contribution is -2.56. The standard InChI is InChI=1S/C34H34Cl2FN3O4S/c1-34(2,3)38-33(42)31(20-24-10-6-4-7-11-24)39(22-25-14-15-26(35)21-30(25)36)32(41)23-40(28-12-8-5-9-13-28)45(43,44)29-18-16-27(37)17-19-29/h4-19,21,31H,20,22-23H2,1-3H3,(H,38,42). The largest absolute Gasteiger partial charge is 0.350 e. The van der Waals surface area contributed by atoms with E-state index in [-0.39, 0.29) is 28.6 Å². The van der Waals surface area contributed by atoms with Crippen LogP contribution in [0.3, 0.4) is 0 Å². The Morgan fingerprint density at radius 1 is 0.867 bits per heavy atom. The van der Waals surface area contributed by atoms with Crippen LogP contribution in [0.15, 0.2) is 108 Å². The number of amides is 2. The van der Waals surface area contributed by atoms with Gasteiger partial charge in [0.1, 0.15) is 18.4 Å². The van der Waals surface area contributed by atoms with Crippen LogP contribution in [0.5, 0.6) is 0 Å². The van der Waals surface area contributed by atoms with Gasteiger partial charge >= 0.3 is 0 Å². The van der Waals surface area contributed by atoms with Gasteiger partial charge in [-0.1, -0.05) is 77.8 Å². The highest BCUT2D eigenvalue weighted by atomic mass is 35.5. The van der Waals surface area contributed by atoms with E-state index in [0.29, 0.717) is 10.6 Å². The number of hydrogen-bond acceptors (Lipinski definition) is 4. The van der Waals surface area contributed by atoms with Gasteiger partial charge in [-0.3, -0.25) is 13.9 Å². The summed E-state index contributed by atoms with van der Waals surface area (Å²) in [4.78, 5) is 29.5. The lowest BCUT2D eigenvalue weighted by molar-refractivity contribution is -0.140. The number of para-hydroxylation sites is 1. The Labute approximate surface area is 273 Å². The van der Waals surface area contributed by atoms with Gasteiger partial charge in [0.25, 0.3) is 10.0 Å². The molecule has 0 fully saturated rings.